The van der Waals surface area contributed by atoms with Gasteiger partial charge in [-0.15, -0.1) is 106 Å². The molecule has 0 fully saturated rings. The zero-order valence-corrected chi connectivity index (χ0v) is 32.4. The summed E-state index contributed by atoms with van der Waals surface area (Å²) in [6.07, 6.45) is 5.41. The number of pyridine rings is 3. The first kappa shape index (κ1) is 38.2. The van der Waals surface area contributed by atoms with Crippen molar-refractivity contribution in [2.75, 3.05) is 0 Å². The molecule has 0 saturated heterocycles. The molecular weight excluding hydrogens is 847 g/mol. The summed E-state index contributed by atoms with van der Waals surface area (Å²) < 4.78 is 0. The van der Waals surface area contributed by atoms with Crippen LogP contribution < -0.4 is 0 Å². The van der Waals surface area contributed by atoms with E-state index in [0.717, 1.165) is 33.8 Å². The topological polar surface area (TPSA) is 38.7 Å². The molecule has 4 heteroatoms. The Hall–Kier alpha value is -6.58. The second-order valence-electron chi connectivity index (χ2n) is 12.2. The molecular formula is C51H36IrN3. The third-order valence-electron chi connectivity index (χ3n) is 8.55. The van der Waals surface area contributed by atoms with E-state index in [1.54, 1.807) is 18.6 Å². The van der Waals surface area contributed by atoms with Crippen molar-refractivity contribution >= 4 is 0 Å². The smallest absolute Gasteiger partial charge is 0.305 e. The van der Waals surface area contributed by atoms with Gasteiger partial charge in [0.15, 0.2) is 0 Å². The van der Waals surface area contributed by atoms with Gasteiger partial charge in [-0.3, -0.25) is 0 Å². The molecule has 0 atom stereocenters. The Morgan fingerprint density at radius 3 is 0.800 bits per heavy atom. The van der Waals surface area contributed by atoms with Crippen LogP contribution >= 0.6 is 0 Å². The molecule has 9 aromatic rings. The Balaban J connectivity index is 0.000000139. The molecule has 0 saturated carbocycles. The molecule has 0 amide bonds. The fraction of sp³-hybridized carbons (Fsp3) is 0. The Morgan fingerprint density at radius 1 is 0.273 bits per heavy atom. The maximum absolute atomic E-state index is 4.35. The Bertz CT molecular complexity index is 2010. The van der Waals surface area contributed by atoms with Crippen LogP contribution in [0, 0.1) is 18.2 Å². The molecule has 6 aromatic carbocycles. The zero-order valence-electron chi connectivity index (χ0n) is 30.0. The molecule has 0 aliphatic heterocycles. The first-order chi connectivity index (χ1) is 26.8. The van der Waals surface area contributed by atoms with Crippen molar-refractivity contribution in [3.63, 3.8) is 0 Å². The van der Waals surface area contributed by atoms with Gasteiger partial charge < -0.3 is 15.0 Å². The van der Waals surface area contributed by atoms with Crippen LogP contribution in [0.25, 0.3) is 67.2 Å². The average molecular weight is 883 g/mol. The van der Waals surface area contributed by atoms with Gasteiger partial charge in [-0.1, -0.05) is 127 Å². The van der Waals surface area contributed by atoms with Crippen LogP contribution in [-0.4, -0.2) is 15.0 Å². The molecule has 0 aliphatic rings. The van der Waals surface area contributed by atoms with Gasteiger partial charge >= 0.3 is 20.1 Å². The van der Waals surface area contributed by atoms with Gasteiger partial charge in [0.2, 0.25) is 0 Å². The molecule has 3 heterocycles. The number of aromatic nitrogens is 3. The predicted molar refractivity (Wildman–Crippen MR) is 222 cm³/mol. The third-order valence-corrected chi connectivity index (χ3v) is 8.55. The minimum atomic E-state index is 0. The first-order valence-corrected chi connectivity index (χ1v) is 17.8. The molecule has 3 nitrogen and oxygen atoms in total. The Kier molecular flexibility index (Phi) is 13.9. The Labute approximate surface area is 337 Å². The molecule has 0 spiro atoms. The largest absolute Gasteiger partial charge is 3.00 e. The summed E-state index contributed by atoms with van der Waals surface area (Å²) >= 11 is 0. The van der Waals surface area contributed by atoms with Gasteiger partial charge in [-0.25, -0.2) is 0 Å². The second-order valence-corrected chi connectivity index (χ2v) is 12.2. The van der Waals surface area contributed by atoms with Crippen LogP contribution in [0.2, 0.25) is 0 Å². The second kappa shape index (κ2) is 20.0. The summed E-state index contributed by atoms with van der Waals surface area (Å²) in [5, 5.41) is 0. The molecule has 0 aliphatic carbocycles. The summed E-state index contributed by atoms with van der Waals surface area (Å²) in [7, 11) is 0. The van der Waals surface area contributed by atoms with Crippen LogP contribution in [-0.2, 0) is 20.1 Å². The van der Waals surface area contributed by atoms with Gasteiger partial charge in [0.25, 0.3) is 0 Å². The van der Waals surface area contributed by atoms with Gasteiger partial charge in [0, 0.05) is 18.6 Å². The summed E-state index contributed by atoms with van der Waals surface area (Å²) in [5.41, 5.74) is 13.1. The molecule has 3 aromatic heterocycles. The molecule has 9 rings (SSSR count). The van der Waals surface area contributed by atoms with Crippen LogP contribution in [0.1, 0.15) is 0 Å². The van der Waals surface area contributed by atoms with Crippen molar-refractivity contribution in [2.45, 2.75) is 0 Å². The average Bonchev–Trinajstić information content (AvgIpc) is 3.29. The molecule has 55 heavy (non-hydrogen) atoms. The van der Waals surface area contributed by atoms with Crippen LogP contribution in [0.3, 0.4) is 0 Å². The van der Waals surface area contributed by atoms with Crippen LogP contribution in [0.5, 0.6) is 0 Å². The monoisotopic (exact) mass is 883 g/mol. The van der Waals surface area contributed by atoms with Gasteiger partial charge in [-0.05, 0) is 52.0 Å². The van der Waals surface area contributed by atoms with E-state index in [1.165, 1.54) is 33.4 Å². The zero-order chi connectivity index (χ0) is 36.6. The SMILES string of the molecule is [Ir+3].[c-]1ccc(-c2ccccc2)cc1-c1ccccn1.[c-]1ccc(-c2ccccc2)cc1-c1ccccn1.[c-]1ccc(-c2ccccc2)cc1-c1ccccn1. The quantitative estimate of drug-likeness (QED) is 0.156. The van der Waals surface area contributed by atoms with E-state index in [9.17, 15) is 0 Å². The van der Waals surface area contributed by atoms with Crippen LogP contribution in [0.4, 0.5) is 0 Å². The number of benzene rings is 6. The predicted octanol–water partition coefficient (Wildman–Crippen LogP) is 12.6. The van der Waals surface area contributed by atoms with E-state index in [1.807, 2.05) is 127 Å². The molecule has 0 radical (unpaired) electrons. The minimum absolute atomic E-state index is 0. The standard InChI is InChI=1S/3C17H12N.Ir/c3*1-2-7-14(8-3-1)15-9-6-10-16(13-15)17-11-4-5-12-18-17;/h3*1-9,11-13H;/q3*-1;+3. The maximum Gasteiger partial charge on any atom is 3.00 e. The number of nitrogens with zero attached hydrogens (tertiary/aromatic N) is 3. The van der Waals surface area contributed by atoms with E-state index in [-0.39, 0.29) is 20.1 Å². The molecule has 0 N–H and O–H groups in total. The fourth-order valence-electron chi connectivity index (χ4n) is 5.84. The van der Waals surface area contributed by atoms with Crippen molar-refractivity contribution < 1.29 is 20.1 Å². The van der Waals surface area contributed by atoms with Crippen molar-refractivity contribution in [3.05, 3.63) is 237 Å². The van der Waals surface area contributed by atoms with E-state index < -0.39 is 0 Å². The van der Waals surface area contributed by atoms with E-state index >= 15 is 0 Å². The van der Waals surface area contributed by atoms with Crippen molar-refractivity contribution in [1.29, 1.82) is 0 Å². The summed E-state index contributed by atoms with van der Waals surface area (Å²) in [6.45, 7) is 0. The van der Waals surface area contributed by atoms with E-state index in [4.69, 9.17) is 0 Å². The minimum Gasteiger partial charge on any atom is -0.305 e. The molecule has 264 valence electrons. The van der Waals surface area contributed by atoms with Crippen molar-refractivity contribution in [1.82, 2.24) is 15.0 Å². The summed E-state index contributed by atoms with van der Waals surface area (Å²) in [6, 6.07) is 76.9. The van der Waals surface area contributed by atoms with Gasteiger partial charge in [0.05, 0.1) is 0 Å². The fourth-order valence-corrected chi connectivity index (χ4v) is 5.84. The Morgan fingerprint density at radius 2 is 0.545 bits per heavy atom. The third kappa shape index (κ3) is 10.7. The number of hydrogen-bond donors (Lipinski definition) is 0. The van der Waals surface area contributed by atoms with Gasteiger partial charge in [-0.2, -0.15) is 0 Å². The van der Waals surface area contributed by atoms with E-state index in [2.05, 4.69) is 106 Å². The number of rotatable bonds is 6. The van der Waals surface area contributed by atoms with Gasteiger partial charge in [0.1, 0.15) is 0 Å². The van der Waals surface area contributed by atoms with Crippen molar-refractivity contribution in [3.8, 4) is 67.2 Å². The first-order valence-electron chi connectivity index (χ1n) is 17.8. The summed E-state index contributed by atoms with van der Waals surface area (Å²) in [5.74, 6) is 0. The normalized spacial score (nSPS) is 10.0. The van der Waals surface area contributed by atoms with E-state index in [0.29, 0.717) is 0 Å². The van der Waals surface area contributed by atoms with Crippen LogP contribution in [0.15, 0.2) is 219 Å². The molecule has 0 bridgehead atoms. The van der Waals surface area contributed by atoms with Crippen molar-refractivity contribution in [2.24, 2.45) is 0 Å². The summed E-state index contributed by atoms with van der Waals surface area (Å²) in [4.78, 5) is 13.1. The maximum atomic E-state index is 4.35. The molecule has 0 unspecified atom stereocenters. The number of hydrogen-bond acceptors (Lipinski definition) is 3.